The van der Waals surface area contributed by atoms with Crippen LogP contribution in [0.25, 0.3) is 0 Å². The topological polar surface area (TPSA) is 46.6 Å². The lowest BCUT2D eigenvalue weighted by molar-refractivity contribution is -0.156. The van der Waals surface area contributed by atoms with Gasteiger partial charge < -0.3 is 4.74 Å². The highest BCUT2D eigenvalue weighted by Crippen LogP contribution is 2.26. The minimum atomic E-state index is -0.832. The molecule has 1 aliphatic rings. The molecule has 0 unspecified atom stereocenters. The molecule has 0 N–H and O–H groups in total. The maximum Gasteiger partial charge on any atom is 0.397 e. The Hall–Kier alpha value is -1.55. The van der Waals surface area contributed by atoms with Crippen molar-refractivity contribution in [2.75, 3.05) is 18.1 Å². The van der Waals surface area contributed by atoms with Gasteiger partial charge in [0.25, 0.3) is 0 Å². The summed E-state index contributed by atoms with van der Waals surface area (Å²) in [7, 11) is 0. The van der Waals surface area contributed by atoms with E-state index in [1.807, 2.05) is 0 Å². The van der Waals surface area contributed by atoms with Crippen LogP contribution in [-0.4, -0.2) is 25.0 Å². The zero-order chi connectivity index (χ0) is 10.8. The minimum Gasteiger partial charge on any atom is -0.457 e. The Morgan fingerprint density at radius 1 is 1.27 bits per heavy atom. The number of carbonyl (C=O) groups excluding carboxylic acids is 2. The first kappa shape index (κ1) is 9.98. The maximum atomic E-state index is 11.5. The summed E-state index contributed by atoms with van der Waals surface area (Å²) >= 11 is 5.92. The van der Waals surface area contributed by atoms with Crippen molar-refractivity contribution >= 4 is 29.2 Å². The molecule has 1 saturated heterocycles. The minimum absolute atomic E-state index is 0.204. The number of para-hydroxylation sites is 1. The van der Waals surface area contributed by atoms with E-state index in [0.717, 1.165) is 0 Å². The summed E-state index contributed by atoms with van der Waals surface area (Å²) in [6.45, 7) is 0.546. The predicted molar refractivity (Wildman–Crippen MR) is 54.8 cm³/mol. The van der Waals surface area contributed by atoms with Crippen LogP contribution in [0, 0.1) is 0 Å². The van der Waals surface area contributed by atoms with Gasteiger partial charge in [-0.15, -0.1) is 0 Å². The highest BCUT2D eigenvalue weighted by molar-refractivity contribution is 6.40. The molecule has 0 radical (unpaired) electrons. The van der Waals surface area contributed by atoms with E-state index in [4.69, 9.17) is 11.6 Å². The van der Waals surface area contributed by atoms with Crippen molar-refractivity contribution in [3.05, 3.63) is 29.3 Å². The van der Waals surface area contributed by atoms with Crippen LogP contribution in [0.15, 0.2) is 24.3 Å². The molecule has 15 heavy (non-hydrogen) atoms. The zero-order valence-electron chi connectivity index (χ0n) is 7.77. The van der Waals surface area contributed by atoms with E-state index >= 15 is 0 Å². The number of esters is 1. The van der Waals surface area contributed by atoms with Gasteiger partial charge in [0, 0.05) is 0 Å². The summed E-state index contributed by atoms with van der Waals surface area (Å²) in [6, 6.07) is 6.88. The molecule has 1 heterocycles. The van der Waals surface area contributed by atoms with Gasteiger partial charge in [-0.05, 0) is 12.1 Å². The van der Waals surface area contributed by atoms with E-state index in [0.29, 0.717) is 17.3 Å². The van der Waals surface area contributed by atoms with Gasteiger partial charge in [-0.25, -0.2) is 4.79 Å². The van der Waals surface area contributed by atoms with E-state index in [2.05, 4.69) is 4.74 Å². The maximum absolute atomic E-state index is 11.5. The molecule has 1 fully saturated rings. The van der Waals surface area contributed by atoms with Crippen molar-refractivity contribution in [1.82, 2.24) is 0 Å². The Morgan fingerprint density at radius 2 is 2.00 bits per heavy atom. The number of morpholine rings is 1. The fraction of sp³-hybridized carbons (Fsp3) is 0.200. The third-order valence-electron chi connectivity index (χ3n) is 2.11. The lowest BCUT2D eigenvalue weighted by atomic mass is 10.2. The molecule has 1 amide bonds. The second kappa shape index (κ2) is 3.90. The number of amides is 1. The molecule has 1 aliphatic heterocycles. The van der Waals surface area contributed by atoms with Gasteiger partial charge >= 0.3 is 11.9 Å². The lowest BCUT2D eigenvalue weighted by Crippen LogP contribution is -2.45. The highest BCUT2D eigenvalue weighted by atomic mass is 35.5. The molecule has 0 aliphatic carbocycles. The molecule has 5 heteroatoms. The molecule has 0 spiro atoms. The molecule has 78 valence electrons. The smallest absolute Gasteiger partial charge is 0.397 e. The Labute approximate surface area is 91.4 Å². The molecule has 2 rings (SSSR count). The number of hydrogen-bond donors (Lipinski definition) is 0. The standard InChI is InChI=1S/C10H8ClNO3/c11-7-3-1-2-4-8(7)12-5-6-15-10(14)9(12)13/h1-4H,5-6H2. The summed E-state index contributed by atoms with van der Waals surface area (Å²) in [5.41, 5.74) is 0.542. The van der Waals surface area contributed by atoms with Crippen LogP contribution in [0.2, 0.25) is 5.02 Å². The first-order valence-corrected chi connectivity index (χ1v) is 4.81. The highest BCUT2D eigenvalue weighted by Gasteiger charge is 2.30. The molecule has 0 aromatic heterocycles. The van der Waals surface area contributed by atoms with Crippen molar-refractivity contribution < 1.29 is 14.3 Å². The molecule has 1 aromatic rings. The van der Waals surface area contributed by atoms with Gasteiger partial charge in [-0.2, -0.15) is 0 Å². The first-order valence-electron chi connectivity index (χ1n) is 4.43. The van der Waals surface area contributed by atoms with Crippen molar-refractivity contribution in [2.45, 2.75) is 0 Å². The molecule has 1 aromatic carbocycles. The van der Waals surface area contributed by atoms with Gasteiger partial charge in [0.1, 0.15) is 6.61 Å². The average molecular weight is 226 g/mol. The van der Waals surface area contributed by atoms with Gasteiger partial charge in [0.2, 0.25) is 0 Å². The largest absolute Gasteiger partial charge is 0.457 e. The van der Waals surface area contributed by atoms with Crippen molar-refractivity contribution in [3.8, 4) is 0 Å². The number of cyclic esters (lactones) is 1. The molecule has 4 nitrogen and oxygen atoms in total. The molecular formula is C10H8ClNO3. The van der Waals surface area contributed by atoms with Crippen LogP contribution in [0.4, 0.5) is 5.69 Å². The van der Waals surface area contributed by atoms with Crippen LogP contribution in [-0.2, 0) is 14.3 Å². The summed E-state index contributed by atoms with van der Waals surface area (Å²) in [6.07, 6.45) is 0. The van der Waals surface area contributed by atoms with Gasteiger partial charge in [0.05, 0.1) is 17.3 Å². The fourth-order valence-electron chi connectivity index (χ4n) is 1.40. The van der Waals surface area contributed by atoms with Crippen LogP contribution in [0.5, 0.6) is 0 Å². The average Bonchev–Trinajstić information content (AvgIpc) is 2.23. The number of hydrogen-bond acceptors (Lipinski definition) is 3. The second-order valence-electron chi connectivity index (χ2n) is 3.04. The van der Waals surface area contributed by atoms with Crippen molar-refractivity contribution in [1.29, 1.82) is 0 Å². The quantitative estimate of drug-likeness (QED) is 0.534. The Balaban J connectivity index is 2.34. The van der Waals surface area contributed by atoms with E-state index in [1.54, 1.807) is 24.3 Å². The third-order valence-corrected chi connectivity index (χ3v) is 2.43. The fourth-order valence-corrected chi connectivity index (χ4v) is 1.64. The van der Waals surface area contributed by atoms with Gasteiger partial charge in [-0.3, -0.25) is 9.69 Å². The van der Waals surface area contributed by atoms with E-state index in [9.17, 15) is 9.59 Å². The van der Waals surface area contributed by atoms with Crippen LogP contribution in [0.3, 0.4) is 0 Å². The summed E-state index contributed by atoms with van der Waals surface area (Å²) < 4.78 is 4.61. The number of ether oxygens (including phenoxy) is 1. The van der Waals surface area contributed by atoms with E-state index in [1.165, 1.54) is 4.90 Å². The van der Waals surface area contributed by atoms with Crippen molar-refractivity contribution in [3.63, 3.8) is 0 Å². The number of halogens is 1. The number of rotatable bonds is 1. The van der Waals surface area contributed by atoms with Crippen molar-refractivity contribution in [2.24, 2.45) is 0 Å². The monoisotopic (exact) mass is 225 g/mol. The molecule has 0 bridgehead atoms. The summed E-state index contributed by atoms with van der Waals surface area (Å²) in [5, 5.41) is 0.445. The third kappa shape index (κ3) is 1.80. The summed E-state index contributed by atoms with van der Waals surface area (Å²) in [4.78, 5) is 23.8. The normalized spacial score (nSPS) is 16.5. The Morgan fingerprint density at radius 3 is 2.73 bits per heavy atom. The number of carbonyl (C=O) groups is 2. The summed E-state index contributed by atoms with van der Waals surface area (Å²) in [5.74, 6) is -1.50. The van der Waals surface area contributed by atoms with Crippen LogP contribution in [0.1, 0.15) is 0 Å². The SMILES string of the molecule is O=C1OCCN(c2ccccc2Cl)C1=O. The molecule has 0 saturated carbocycles. The Bertz CT molecular complexity index is 419. The first-order chi connectivity index (χ1) is 7.20. The Kier molecular flexibility index (Phi) is 2.60. The predicted octanol–water partition coefficient (Wildman–Crippen LogP) is 1.23. The number of anilines is 1. The van der Waals surface area contributed by atoms with E-state index < -0.39 is 11.9 Å². The molecule has 0 atom stereocenters. The van der Waals surface area contributed by atoms with E-state index in [-0.39, 0.29) is 6.61 Å². The second-order valence-corrected chi connectivity index (χ2v) is 3.45. The van der Waals surface area contributed by atoms with Gasteiger partial charge in [0.15, 0.2) is 0 Å². The van der Waals surface area contributed by atoms with Gasteiger partial charge in [-0.1, -0.05) is 23.7 Å². The zero-order valence-corrected chi connectivity index (χ0v) is 8.53. The number of benzene rings is 1. The molecular weight excluding hydrogens is 218 g/mol. The lowest BCUT2D eigenvalue weighted by Gasteiger charge is -2.26. The van der Waals surface area contributed by atoms with Crippen LogP contribution < -0.4 is 4.90 Å². The van der Waals surface area contributed by atoms with Crippen LogP contribution >= 0.6 is 11.6 Å². The number of nitrogens with zero attached hydrogens (tertiary/aromatic N) is 1.